The Hall–Kier alpha value is -2.28. The predicted molar refractivity (Wildman–Crippen MR) is 111 cm³/mol. The number of nitrogens with two attached hydrogens (primary N) is 1. The molecule has 3 N–H and O–H groups in total. The molecule has 0 fully saturated rings. The zero-order valence-corrected chi connectivity index (χ0v) is 16.5. The summed E-state index contributed by atoms with van der Waals surface area (Å²) in [4.78, 5) is 15.5. The molecule has 0 aliphatic heterocycles. The first-order chi connectivity index (χ1) is 13.8. The molecule has 1 aliphatic carbocycles. The van der Waals surface area contributed by atoms with Gasteiger partial charge in [0.25, 0.3) is 0 Å². The van der Waals surface area contributed by atoms with Gasteiger partial charge in [0.05, 0.1) is 35.4 Å². The van der Waals surface area contributed by atoms with Gasteiger partial charge in [0.15, 0.2) is 0 Å². The van der Waals surface area contributed by atoms with Crippen molar-refractivity contribution in [2.45, 2.75) is 44.4 Å². The molecule has 0 radical (unpaired) electrons. The monoisotopic (exact) mass is 379 g/mol. The topological polar surface area (TPSA) is 80.1 Å². The molecule has 0 saturated heterocycles. The van der Waals surface area contributed by atoms with Crippen molar-refractivity contribution in [1.29, 1.82) is 0 Å². The van der Waals surface area contributed by atoms with Gasteiger partial charge in [-0.2, -0.15) is 0 Å². The highest BCUT2D eigenvalue weighted by atomic mass is 16.5. The Morgan fingerprint density at radius 2 is 2.18 bits per heavy atom. The van der Waals surface area contributed by atoms with Crippen LogP contribution in [-0.4, -0.2) is 46.2 Å². The number of methoxy groups -OCH3 is 1. The summed E-state index contributed by atoms with van der Waals surface area (Å²) in [5.41, 5.74) is 10.5. The molecule has 0 amide bonds. The number of hydrogen-bond acceptors (Lipinski definition) is 5. The molecule has 2 aromatic heterocycles. The minimum absolute atomic E-state index is 0.0740. The Morgan fingerprint density at radius 1 is 1.29 bits per heavy atom. The van der Waals surface area contributed by atoms with Crippen LogP contribution in [0.1, 0.15) is 42.4 Å². The van der Waals surface area contributed by atoms with E-state index in [1.807, 2.05) is 30.5 Å². The van der Waals surface area contributed by atoms with Crippen molar-refractivity contribution in [2.75, 3.05) is 20.2 Å². The number of hydrogen-bond donors (Lipinski definition) is 2. The molecule has 2 heterocycles. The van der Waals surface area contributed by atoms with Gasteiger partial charge in [0.1, 0.15) is 5.82 Å². The lowest BCUT2D eigenvalue weighted by Gasteiger charge is -2.35. The van der Waals surface area contributed by atoms with E-state index in [1.54, 1.807) is 7.11 Å². The maximum absolute atomic E-state index is 5.85. The Morgan fingerprint density at radius 3 is 3.00 bits per heavy atom. The number of aromatic amines is 1. The summed E-state index contributed by atoms with van der Waals surface area (Å²) < 4.78 is 5.51. The van der Waals surface area contributed by atoms with E-state index in [4.69, 9.17) is 20.4 Å². The van der Waals surface area contributed by atoms with Gasteiger partial charge in [-0.15, -0.1) is 0 Å². The van der Waals surface area contributed by atoms with E-state index in [0.29, 0.717) is 12.6 Å². The molecule has 1 aromatic carbocycles. The molecule has 148 valence electrons. The fourth-order valence-electron chi connectivity index (χ4n) is 4.20. The second-order valence-electron chi connectivity index (χ2n) is 7.51. The van der Waals surface area contributed by atoms with Crippen LogP contribution in [0.15, 0.2) is 42.6 Å². The molecule has 4 rings (SSSR count). The molecular weight excluding hydrogens is 350 g/mol. The molecule has 2 unspecified atom stereocenters. The Bertz CT molecular complexity index is 872. The molecule has 6 nitrogen and oxygen atoms in total. The van der Waals surface area contributed by atoms with Crippen LogP contribution in [0.5, 0.6) is 0 Å². The summed E-state index contributed by atoms with van der Waals surface area (Å²) >= 11 is 0. The fraction of sp³-hybridized carbons (Fsp3) is 0.455. The number of imidazole rings is 1. The van der Waals surface area contributed by atoms with Gasteiger partial charge in [-0.1, -0.05) is 18.2 Å². The van der Waals surface area contributed by atoms with Crippen molar-refractivity contribution >= 4 is 11.0 Å². The number of ether oxygens (including phenoxy) is 1. The van der Waals surface area contributed by atoms with Gasteiger partial charge in [0, 0.05) is 26.4 Å². The van der Waals surface area contributed by atoms with Gasteiger partial charge in [0.2, 0.25) is 0 Å². The highest BCUT2D eigenvalue weighted by molar-refractivity contribution is 5.74. The molecule has 3 aromatic rings. The van der Waals surface area contributed by atoms with Crippen LogP contribution < -0.4 is 5.73 Å². The van der Waals surface area contributed by atoms with Gasteiger partial charge < -0.3 is 15.5 Å². The van der Waals surface area contributed by atoms with Crippen molar-refractivity contribution < 1.29 is 4.74 Å². The third kappa shape index (κ3) is 4.09. The average Bonchev–Trinajstić information content (AvgIpc) is 3.15. The minimum atomic E-state index is 0.0740. The van der Waals surface area contributed by atoms with Crippen LogP contribution in [0.25, 0.3) is 11.0 Å². The van der Waals surface area contributed by atoms with Crippen molar-refractivity contribution in [3.05, 3.63) is 59.7 Å². The van der Waals surface area contributed by atoms with Crippen molar-refractivity contribution in [3.8, 4) is 0 Å². The predicted octanol–water partition coefficient (Wildman–Crippen LogP) is 3.20. The first-order valence-corrected chi connectivity index (χ1v) is 10.1. The second kappa shape index (κ2) is 8.82. The maximum atomic E-state index is 5.85. The number of aryl methyl sites for hydroxylation is 1. The lowest BCUT2D eigenvalue weighted by Crippen LogP contribution is -2.35. The Balaban J connectivity index is 1.60. The van der Waals surface area contributed by atoms with Crippen LogP contribution in [0.3, 0.4) is 0 Å². The third-order valence-electron chi connectivity index (χ3n) is 5.73. The van der Waals surface area contributed by atoms with Gasteiger partial charge in [-0.3, -0.25) is 9.88 Å². The second-order valence-corrected chi connectivity index (χ2v) is 7.51. The van der Waals surface area contributed by atoms with Crippen LogP contribution in [0.4, 0.5) is 0 Å². The Labute approximate surface area is 166 Å². The van der Waals surface area contributed by atoms with E-state index in [0.717, 1.165) is 49.2 Å². The lowest BCUT2D eigenvalue weighted by atomic mass is 9.90. The molecule has 28 heavy (non-hydrogen) atoms. The number of nitrogens with one attached hydrogen (secondary N) is 1. The lowest BCUT2D eigenvalue weighted by molar-refractivity contribution is 0.0749. The maximum Gasteiger partial charge on any atom is 0.121 e. The van der Waals surface area contributed by atoms with Crippen molar-refractivity contribution in [2.24, 2.45) is 5.73 Å². The fourth-order valence-corrected chi connectivity index (χ4v) is 4.20. The van der Waals surface area contributed by atoms with E-state index in [2.05, 4.69) is 22.0 Å². The van der Waals surface area contributed by atoms with Crippen LogP contribution in [-0.2, 0) is 17.7 Å². The Kier molecular flexibility index (Phi) is 6.00. The molecule has 0 bridgehead atoms. The third-order valence-corrected chi connectivity index (χ3v) is 5.73. The van der Waals surface area contributed by atoms with Gasteiger partial charge in [-0.25, -0.2) is 4.98 Å². The quantitative estimate of drug-likeness (QED) is 0.628. The van der Waals surface area contributed by atoms with E-state index in [9.17, 15) is 0 Å². The normalized spacial score (nSPS) is 17.8. The zero-order chi connectivity index (χ0) is 19.3. The standard InChI is InChI=1S/C22H29N5O/c1-28-17(14-23)11-13-27(15-21-25-18-8-2-3-9-19(18)26-21)20-10-4-6-16-7-5-12-24-22(16)20/h2-3,5,7-9,12,17,20H,4,6,10-11,13-15,23H2,1H3,(H,25,26). The summed E-state index contributed by atoms with van der Waals surface area (Å²) in [5.74, 6) is 0.992. The van der Waals surface area contributed by atoms with Crippen molar-refractivity contribution in [1.82, 2.24) is 19.9 Å². The van der Waals surface area contributed by atoms with Crippen LogP contribution in [0.2, 0.25) is 0 Å². The molecule has 1 aliphatic rings. The number of rotatable bonds is 8. The smallest absolute Gasteiger partial charge is 0.121 e. The molecular formula is C22H29N5O. The number of H-pyrrole nitrogens is 1. The van der Waals surface area contributed by atoms with Crippen molar-refractivity contribution in [3.63, 3.8) is 0 Å². The number of pyridine rings is 1. The van der Waals surface area contributed by atoms with E-state index in [1.165, 1.54) is 17.7 Å². The van der Waals surface area contributed by atoms with Crippen LogP contribution in [0, 0.1) is 0 Å². The summed E-state index contributed by atoms with van der Waals surface area (Å²) in [7, 11) is 1.73. The highest BCUT2D eigenvalue weighted by Gasteiger charge is 2.28. The number of nitrogens with zero attached hydrogens (tertiary/aromatic N) is 3. The number of aromatic nitrogens is 3. The SMILES string of the molecule is COC(CN)CCN(Cc1nc2ccccc2[nH]1)C1CCCc2cccnc21. The number of para-hydroxylation sites is 2. The summed E-state index contributed by atoms with van der Waals surface area (Å²) in [5, 5.41) is 0. The van der Waals surface area contributed by atoms with Gasteiger partial charge in [-0.05, 0) is 49.4 Å². The summed E-state index contributed by atoms with van der Waals surface area (Å²) in [6, 6.07) is 12.7. The van der Waals surface area contributed by atoms with E-state index in [-0.39, 0.29) is 6.10 Å². The zero-order valence-electron chi connectivity index (χ0n) is 16.5. The number of benzene rings is 1. The highest BCUT2D eigenvalue weighted by Crippen LogP contribution is 2.33. The number of fused-ring (bicyclic) bond motifs is 2. The summed E-state index contributed by atoms with van der Waals surface area (Å²) in [6.45, 7) is 2.19. The van der Waals surface area contributed by atoms with Gasteiger partial charge >= 0.3 is 0 Å². The molecule has 2 atom stereocenters. The molecule has 6 heteroatoms. The largest absolute Gasteiger partial charge is 0.380 e. The molecule has 0 saturated carbocycles. The van der Waals surface area contributed by atoms with E-state index < -0.39 is 0 Å². The van der Waals surface area contributed by atoms with E-state index >= 15 is 0 Å². The first-order valence-electron chi connectivity index (χ1n) is 10.1. The summed E-state index contributed by atoms with van der Waals surface area (Å²) in [6.07, 6.45) is 6.29. The first kappa shape index (κ1) is 19.1. The molecule has 0 spiro atoms. The minimum Gasteiger partial charge on any atom is -0.380 e. The average molecular weight is 380 g/mol. The van der Waals surface area contributed by atoms with Crippen LogP contribution >= 0.6 is 0 Å².